The van der Waals surface area contributed by atoms with E-state index in [1.165, 1.54) is 17.0 Å². The summed E-state index contributed by atoms with van der Waals surface area (Å²) in [5, 5.41) is 3.54. The van der Waals surface area contributed by atoms with Gasteiger partial charge in [0.25, 0.3) is 10.0 Å². The molecule has 0 saturated heterocycles. The minimum atomic E-state index is -4.14. The highest BCUT2D eigenvalue weighted by molar-refractivity contribution is 7.92. The zero-order valence-corrected chi connectivity index (χ0v) is 25.5. The van der Waals surface area contributed by atoms with Crippen LogP contribution in [-0.4, -0.2) is 44.3 Å². The van der Waals surface area contributed by atoms with E-state index in [0.29, 0.717) is 33.4 Å². The maximum absolute atomic E-state index is 14.1. The maximum Gasteiger partial charge on any atom is 0.264 e. The largest absolute Gasteiger partial charge is 0.354 e. The topological polar surface area (TPSA) is 86.8 Å². The molecule has 0 heterocycles. The first-order valence-electron chi connectivity index (χ1n) is 13.1. The molecule has 0 fully saturated rings. The van der Waals surface area contributed by atoms with Crippen LogP contribution in [0.25, 0.3) is 0 Å². The van der Waals surface area contributed by atoms with Crippen molar-refractivity contribution in [3.05, 3.63) is 93.5 Å². The number of carbonyl (C=O) groups excluding carboxylic acids is 2. The van der Waals surface area contributed by atoms with Crippen molar-refractivity contribution in [1.82, 2.24) is 10.2 Å². The molecule has 0 saturated carbocycles. The average molecular weight is 605 g/mol. The van der Waals surface area contributed by atoms with Crippen LogP contribution in [0.3, 0.4) is 0 Å². The Kier molecular flexibility index (Phi) is 11.0. The summed E-state index contributed by atoms with van der Waals surface area (Å²) in [6.07, 6.45) is 1.69. The third-order valence-corrected chi connectivity index (χ3v) is 9.11. The SMILES string of the molecule is CCCCNC(=O)[C@@H](C)N(Cc1c(Cl)cccc1Cl)C(=O)CN(c1cc(C)ccc1C)S(=O)(=O)c1ccccc1. The van der Waals surface area contributed by atoms with Gasteiger partial charge >= 0.3 is 0 Å². The third kappa shape index (κ3) is 7.56. The fourth-order valence-electron chi connectivity index (χ4n) is 4.19. The first kappa shape index (κ1) is 31.5. The van der Waals surface area contributed by atoms with Gasteiger partial charge in [-0.3, -0.25) is 13.9 Å². The molecule has 7 nitrogen and oxygen atoms in total. The monoisotopic (exact) mass is 603 g/mol. The van der Waals surface area contributed by atoms with Gasteiger partial charge in [0.2, 0.25) is 11.8 Å². The van der Waals surface area contributed by atoms with Gasteiger partial charge in [0.15, 0.2) is 0 Å². The Labute approximate surface area is 247 Å². The Hall–Kier alpha value is -3.07. The predicted octanol–water partition coefficient (Wildman–Crippen LogP) is 6.14. The Morgan fingerprint density at radius 1 is 0.950 bits per heavy atom. The van der Waals surface area contributed by atoms with Gasteiger partial charge in [-0.15, -0.1) is 0 Å². The molecule has 3 aromatic rings. The maximum atomic E-state index is 14.1. The molecule has 2 amide bonds. The quantitative estimate of drug-likeness (QED) is 0.252. The molecule has 40 heavy (non-hydrogen) atoms. The number of aryl methyl sites for hydroxylation is 2. The summed E-state index contributed by atoms with van der Waals surface area (Å²) in [7, 11) is -4.14. The van der Waals surface area contributed by atoms with Crippen LogP contribution in [-0.2, 0) is 26.2 Å². The lowest BCUT2D eigenvalue weighted by Gasteiger charge is -2.33. The van der Waals surface area contributed by atoms with E-state index in [1.54, 1.807) is 56.3 Å². The van der Waals surface area contributed by atoms with Crippen molar-refractivity contribution in [3.63, 3.8) is 0 Å². The Morgan fingerprint density at radius 2 is 1.60 bits per heavy atom. The molecular formula is C30H35Cl2N3O4S. The Morgan fingerprint density at radius 3 is 2.23 bits per heavy atom. The lowest BCUT2D eigenvalue weighted by atomic mass is 10.1. The van der Waals surface area contributed by atoms with Crippen molar-refractivity contribution < 1.29 is 18.0 Å². The number of unbranched alkanes of at least 4 members (excludes halogenated alkanes) is 1. The zero-order valence-electron chi connectivity index (χ0n) is 23.2. The van der Waals surface area contributed by atoms with Gasteiger partial charge in [-0.2, -0.15) is 0 Å². The molecule has 0 radical (unpaired) electrons. The highest BCUT2D eigenvalue weighted by Crippen LogP contribution is 2.30. The molecule has 0 aliphatic carbocycles. The summed E-state index contributed by atoms with van der Waals surface area (Å²) in [5.74, 6) is -0.927. The second kappa shape index (κ2) is 14.0. The molecule has 0 spiro atoms. The number of nitrogens with zero attached hydrogens (tertiary/aromatic N) is 2. The van der Waals surface area contributed by atoms with Crippen molar-refractivity contribution in [2.45, 2.75) is 58.0 Å². The molecule has 3 aromatic carbocycles. The summed E-state index contributed by atoms with van der Waals surface area (Å²) < 4.78 is 29.0. The molecule has 10 heteroatoms. The van der Waals surface area contributed by atoms with E-state index in [2.05, 4.69) is 5.32 Å². The molecule has 214 valence electrons. The van der Waals surface area contributed by atoms with E-state index >= 15 is 0 Å². The lowest BCUT2D eigenvalue weighted by Crippen LogP contribution is -2.51. The Balaban J connectivity index is 2.07. The number of benzene rings is 3. The number of hydrogen-bond donors (Lipinski definition) is 1. The molecule has 0 aliphatic rings. The van der Waals surface area contributed by atoms with Gasteiger partial charge in [0.05, 0.1) is 10.6 Å². The summed E-state index contributed by atoms with van der Waals surface area (Å²) in [6, 6.07) is 17.5. The van der Waals surface area contributed by atoms with Crippen molar-refractivity contribution in [3.8, 4) is 0 Å². The van der Waals surface area contributed by atoms with Gasteiger partial charge in [-0.25, -0.2) is 8.42 Å². The van der Waals surface area contributed by atoms with Crippen LogP contribution in [0.2, 0.25) is 10.0 Å². The van der Waals surface area contributed by atoms with Crippen LogP contribution in [0, 0.1) is 13.8 Å². The van der Waals surface area contributed by atoms with Crippen molar-refractivity contribution in [2.75, 3.05) is 17.4 Å². The smallest absolute Gasteiger partial charge is 0.264 e. The number of rotatable bonds is 12. The highest BCUT2D eigenvalue weighted by atomic mass is 35.5. The first-order valence-corrected chi connectivity index (χ1v) is 15.3. The van der Waals surface area contributed by atoms with Gasteiger partial charge in [-0.05, 0) is 68.7 Å². The molecule has 0 bridgehead atoms. The van der Waals surface area contributed by atoms with Crippen molar-refractivity contribution in [1.29, 1.82) is 0 Å². The molecule has 1 N–H and O–H groups in total. The van der Waals surface area contributed by atoms with Crippen LogP contribution >= 0.6 is 23.2 Å². The second-order valence-electron chi connectivity index (χ2n) is 9.66. The van der Waals surface area contributed by atoms with Crippen LogP contribution in [0.4, 0.5) is 5.69 Å². The van der Waals surface area contributed by atoms with Gasteiger partial charge < -0.3 is 10.2 Å². The molecule has 0 aromatic heterocycles. The molecule has 3 rings (SSSR count). The number of halogens is 2. The van der Waals surface area contributed by atoms with Crippen LogP contribution in [0.15, 0.2) is 71.6 Å². The number of nitrogens with one attached hydrogen (secondary N) is 1. The van der Waals surface area contributed by atoms with E-state index < -0.39 is 28.5 Å². The molecule has 1 atom stereocenters. The molecule has 0 unspecified atom stereocenters. The normalized spacial score (nSPS) is 12.1. The second-order valence-corrected chi connectivity index (χ2v) is 12.3. The summed E-state index contributed by atoms with van der Waals surface area (Å²) in [4.78, 5) is 28.5. The van der Waals surface area contributed by atoms with Crippen LogP contribution < -0.4 is 9.62 Å². The lowest BCUT2D eigenvalue weighted by molar-refractivity contribution is -0.139. The number of amides is 2. The van der Waals surface area contributed by atoms with E-state index in [1.807, 2.05) is 26.0 Å². The Bertz CT molecular complexity index is 1430. The average Bonchev–Trinajstić information content (AvgIpc) is 2.93. The minimum absolute atomic E-state index is 0.0507. The number of sulfonamides is 1. The molecular weight excluding hydrogens is 569 g/mol. The first-order chi connectivity index (χ1) is 19.0. The number of anilines is 1. The number of carbonyl (C=O) groups is 2. The molecule has 0 aliphatic heterocycles. The van der Waals surface area contributed by atoms with E-state index in [4.69, 9.17) is 23.2 Å². The van der Waals surface area contributed by atoms with Crippen molar-refractivity contribution >= 4 is 50.7 Å². The standard InChI is InChI=1S/C30H35Cl2N3O4S/c1-5-6-17-33-30(37)23(4)34(19-25-26(31)13-10-14-27(25)32)29(36)20-35(28-18-21(2)15-16-22(28)3)40(38,39)24-11-8-7-9-12-24/h7-16,18,23H,5-6,17,19-20H2,1-4H3,(H,33,37)/t23-/m1/s1. The summed E-state index contributed by atoms with van der Waals surface area (Å²) in [6.45, 7) is 7.12. The highest BCUT2D eigenvalue weighted by Gasteiger charge is 2.33. The van der Waals surface area contributed by atoms with Crippen LogP contribution in [0.1, 0.15) is 43.4 Å². The minimum Gasteiger partial charge on any atom is -0.354 e. The zero-order chi connectivity index (χ0) is 29.4. The van der Waals surface area contributed by atoms with Gasteiger partial charge in [0, 0.05) is 28.7 Å². The van der Waals surface area contributed by atoms with Gasteiger partial charge in [0.1, 0.15) is 12.6 Å². The van der Waals surface area contributed by atoms with Gasteiger partial charge in [-0.1, -0.05) is 72.9 Å². The van der Waals surface area contributed by atoms with Crippen molar-refractivity contribution in [2.24, 2.45) is 0 Å². The van der Waals surface area contributed by atoms with E-state index in [0.717, 1.165) is 22.7 Å². The third-order valence-electron chi connectivity index (χ3n) is 6.63. The fourth-order valence-corrected chi connectivity index (χ4v) is 6.20. The summed E-state index contributed by atoms with van der Waals surface area (Å²) in [5.41, 5.74) is 2.37. The summed E-state index contributed by atoms with van der Waals surface area (Å²) >= 11 is 12.9. The van der Waals surface area contributed by atoms with E-state index in [9.17, 15) is 18.0 Å². The van der Waals surface area contributed by atoms with E-state index in [-0.39, 0.29) is 17.3 Å². The number of hydrogen-bond acceptors (Lipinski definition) is 4. The predicted molar refractivity (Wildman–Crippen MR) is 161 cm³/mol. The van der Waals surface area contributed by atoms with Crippen LogP contribution in [0.5, 0.6) is 0 Å². The fraction of sp³-hybridized carbons (Fsp3) is 0.333.